The van der Waals surface area contributed by atoms with Crippen molar-refractivity contribution >= 4 is 39.5 Å². The molecule has 620 valence electrons. The highest BCUT2D eigenvalue weighted by Crippen LogP contribution is 2.45. The molecular weight excluding hydrogens is 1400 g/mol. The highest BCUT2D eigenvalue weighted by atomic mass is 31.2. The molecule has 0 amide bonds. The predicted molar refractivity (Wildman–Crippen MR) is 445 cm³/mol. The second-order valence-corrected chi connectivity index (χ2v) is 30.9. The Morgan fingerprint density at radius 3 is 0.833 bits per heavy atom. The fourth-order valence-electron chi connectivity index (χ4n) is 11.2. The van der Waals surface area contributed by atoms with Gasteiger partial charge in [-0.2, -0.15) is 0 Å². The minimum atomic E-state index is -5.00. The van der Waals surface area contributed by atoms with Crippen LogP contribution in [0.4, 0.5) is 0 Å². The van der Waals surface area contributed by atoms with Crippen LogP contribution in [0.5, 0.6) is 0 Å². The van der Waals surface area contributed by atoms with Gasteiger partial charge in [0.2, 0.25) is 0 Å². The number of unbranched alkanes of at least 4 members (excludes halogenated alkanes) is 31. The summed E-state index contributed by atoms with van der Waals surface area (Å²) in [5.41, 5.74) is 0. The van der Waals surface area contributed by atoms with Crippen LogP contribution in [-0.2, 0) is 65.4 Å². The van der Waals surface area contributed by atoms with Gasteiger partial charge in [0.25, 0.3) is 0 Å². The van der Waals surface area contributed by atoms with Gasteiger partial charge in [-0.05, 0) is 135 Å². The molecule has 0 radical (unpaired) electrons. The van der Waals surface area contributed by atoms with Gasteiger partial charge in [-0.3, -0.25) is 37.3 Å². The maximum absolute atomic E-state index is 13.1. The zero-order valence-corrected chi connectivity index (χ0v) is 69.8. The molecule has 5 atom stereocenters. The lowest BCUT2D eigenvalue weighted by atomic mass is 10.0. The number of allylic oxidation sites excluding steroid dienone is 22. The summed E-state index contributed by atoms with van der Waals surface area (Å²) in [5, 5.41) is 10.7. The minimum Gasteiger partial charge on any atom is -0.462 e. The highest BCUT2D eigenvalue weighted by Gasteiger charge is 2.30. The molecule has 0 spiro atoms. The molecule has 17 nitrogen and oxygen atoms in total. The van der Waals surface area contributed by atoms with E-state index in [2.05, 4.69) is 149 Å². The molecule has 0 saturated carbocycles. The number of phosphoric ester groups is 2. The monoisotopic (exact) mass is 1560 g/mol. The standard InChI is InChI=1S/C89H152O17P2/c1-5-9-13-17-21-25-29-33-37-39-41-43-47-50-54-58-62-66-70-74-87(92)100-80-84(105-88(93)75-71-67-63-59-55-51-46-36-32-28-24-20-16-12-8-4)81-103-107(95,96)101-77-83(90)78-102-108(97,98)104-82-85(79-99-86(91)73-69-65-61-57-53-49-45-35-31-27-23-19-15-11-7-3)106-89(94)76-72-68-64-60-56-52-48-44-42-40-38-34-30-26-22-18-14-10-6-2/h10,14,21-22,25-26,33-34,36-38,41-44,46,50,52,54,56,62,66,83-85,90H,5-9,11-13,15-20,23-24,27-32,35,39-40,45,47-49,51,53,55,57-61,63-65,67-82H2,1-4H3,(H,95,96)(H,97,98)/b14-10-,25-21-,26-22-,37-33-,38-34-,43-41-,44-42-,46-36-,54-50-,56-52-,66-62-/t83-,84-,85-/m1/s1. The highest BCUT2D eigenvalue weighted by molar-refractivity contribution is 7.47. The van der Waals surface area contributed by atoms with Gasteiger partial charge < -0.3 is 33.8 Å². The van der Waals surface area contributed by atoms with Crippen molar-refractivity contribution in [1.82, 2.24) is 0 Å². The summed E-state index contributed by atoms with van der Waals surface area (Å²) in [6.07, 6.45) is 91.4. The van der Waals surface area contributed by atoms with Crippen LogP contribution in [0.15, 0.2) is 134 Å². The summed E-state index contributed by atoms with van der Waals surface area (Å²) >= 11 is 0. The Balaban J connectivity index is 5.47. The summed E-state index contributed by atoms with van der Waals surface area (Å²) in [4.78, 5) is 73.2. The number of ether oxygens (including phenoxy) is 4. The van der Waals surface area contributed by atoms with Crippen molar-refractivity contribution in [3.05, 3.63) is 134 Å². The number of hydrogen-bond acceptors (Lipinski definition) is 15. The van der Waals surface area contributed by atoms with Gasteiger partial charge in [0.05, 0.1) is 26.4 Å². The Kier molecular flexibility index (Phi) is 76.7. The molecule has 3 N–H and O–H groups in total. The van der Waals surface area contributed by atoms with E-state index in [-0.39, 0.29) is 25.7 Å². The van der Waals surface area contributed by atoms with E-state index >= 15 is 0 Å². The van der Waals surface area contributed by atoms with Crippen LogP contribution < -0.4 is 0 Å². The summed E-state index contributed by atoms with van der Waals surface area (Å²) < 4.78 is 68.7. The number of phosphoric acid groups is 2. The molecule has 0 heterocycles. The summed E-state index contributed by atoms with van der Waals surface area (Å²) in [7, 11) is -10.00. The van der Waals surface area contributed by atoms with Crippen molar-refractivity contribution in [3.8, 4) is 0 Å². The Labute approximate surface area is 656 Å². The average Bonchev–Trinajstić information content (AvgIpc) is 0.899. The number of aliphatic hydroxyl groups excluding tert-OH is 1. The minimum absolute atomic E-state index is 0.0341. The lowest BCUT2D eigenvalue weighted by Crippen LogP contribution is -2.30. The number of aliphatic hydroxyl groups is 1. The van der Waals surface area contributed by atoms with E-state index in [1.165, 1.54) is 128 Å². The molecule has 0 aliphatic rings. The van der Waals surface area contributed by atoms with Gasteiger partial charge in [-0.1, -0.05) is 322 Å². The van der Waals surface area contributed by atoms with Gasteiger partial charge in [-0.25, -0.2) is 9.13 Å². The third-order valence-corrected chi connectivity index (χ3v) is 19.5. The lowest BCUT2D eigenvalue weighted by Gasteiger charge is -2.21. The van der Waals surface area contributed by atoms with Crippen LogP contribution in [0.2, 0.25) is 0 Å². The van der Waals surface area contributed by atoms with Gasteiger partial charge >= 0.3 is 39.5 Å². The van der Waals surface area contributed by atoms with E-state index in [1.807, 2.05) is 12.2 Å². The van der Waals surface area contributed by atoms with Crippen molar-refractivity contribution in [3.63, 3.8) is 0 Å². The van der Waals surface area contributed by atoms with E-state index in [0.29, 0.717) is 32.1 Å². The zero-order chi connectivity index (χ0) is 78.9. The molecule has 0 rings (SSSR count). The molecule has 0 saturated heterocycles. The molecule has 0 aromatic heterocycles. The molecule has 2 unspecified atom stereocenters. The summed E-state index contributed by atoms with van der Waals surface area (Å²) in [6, 6.07) is 0. The lowest BCUT2D eigenvalue weighted by molar-refractivity contribution is -0.161. The van der Waals surface area contributed by atoms with Crippen LogP contribution in [0.1, 0.15) is 349 Å². The Hall–Kier alpha value is -4.80. The number of carbonyl (C=O) groups excluding carboxylic acids is 4. The first kappa shape index (κ1) is 103. The van der Waals surface area contributed by atoms with Gasteiger partial charge in [-0.15, -0.1) is 0 Å². The van der Waals surface area contributed by atoms with Crippen LogP contribution in [0, 0.1) is 0 Å². The molecule has 0 aliphatic heterocycles. The molecule has 19 heteroatoms. The largest absolute Gasteiger partial charge is 0.472 e. The fraction of sp³-hybridized carbons (Fsp3) is 0.708. The Bertz CT molecular complexity index is 2560. The molecule has 0 aliphatic carbocycles. The first-order valence-corrected chi connectivity index (χ1v) is 45.4. The van der Waals surface area contributed by atoms with Crippen molar-refractivity contribution in [2.24, 2.45) is 0 Å². The van der Waals surface area contributed by atoms with E-state index < -0.39 is 97.5 Å². The van der Waals surface area contributed by atoms with Crippen LogP contribution in [0.25, 0.3) is 0 Å². The van der Waals surface area contributed by atoms with Crippen LogP contribution >= 0.6 is 15.6 Å². The first-order valence-electron chi connectivity index (χ1n) is 42.4. The normalized spacial score (nSPS) is 14.5. The van der Waals surface area contributed by atoms with Crippen LogP contribution in [0.3, 0.4) is 0 Å². The van der Waals surface area contributed by atoms with E-state index in [0.717, 1.165) is 135 Å². The molecular formula is C89H152O17P2. The van der Waals surface area contributed by atoms with Crippen LogP contribution in [-0.4, -0.2) is 96.7 Å². The second kappa shape index (κ2) is 80.3. The molecule has 0 aromatic rings. The van der Waals surface area contributed by atoms with E-state index in [4.69, 9.17) is 37.0 Å². The Morgan fingerprint density at radius 2 is 0.500 bits per heavy atom. The summed E-state index contributed by atoms with van der Waals surface area (Å²) in [5.74, 6) is -2.31. The maximum Gasteiger partial charge on any atom is 0.472 e. The SMILES string of the molecule is CC/C=C\C/C=C\C/C=C\C/C=C\C/C=C\CCCCCC(=O)O[C@H](COC(=O)CCCCCCCCCCCCCCCCC)COP(=O)(O)OC[C@H](O)COP(=O)(O)OC[C@@H](COC(=O)CC/C=C\C/C=C\C/C=C\C/C=C\C/C=C\CCCCC)OC(=O)CCCCCCC/C=C\CCCCCCCC. The molecule has 0 aromatic carbocycles. The topological polar surface area (TPSA) is 237 Å². The Morgan fingerprint density at radius 1 is 0.269 bits per heavy atom. The predicted octanol–water partition coefficient (Wildman–Crippen LogP) is 25.2. The molecule has 0 bridgehead atoms. The van der Waals surface area contributed by atoms with Crippen molar-refractivity contribution in [2.45, 2.75) is 367 Å². The average molecular weight is 1560 g/mol. The quantitative estimate of drug-likeness (QED) is 0.0169. The zero-order valence-electron chi connectivity index (χ0n) is 68.0. The number of carbonyl (C=O) groups is 4. The molecule has 0 fully saturated rings. The molecule has 108 heavy (non-hydrogen) atoms. The second-order valence-electron chi connectivity index (χ2n) is 28.0. The number of esters is 4. The third-order valence-electron chi connectivity index (χ3n) is 17.6. The van der Waals surface area contributed by atoms with Crippen molar-refractivity contribution < 1.29 is 80.2 Å². The van der Waals surface area contributed by atoms with Crippen molar-refractivity contribution in [1.29, 1.82) is 0 Å². The first-order chi connectivity index (χ1) is 52.7. The van der Waals surface area contributed by atoms with Gasteiger partial charge in [0.1, 0.15) is 19.3 Å². The van der Waals surface area contributed by atoms with E-state index in [9.17, 15) is 43.2 Å². The number of hydrogen-bond donors (Lipinski definition) is 3. The maximum atomic E-state index is 13.1. The summed E-state index contributed by atoms with van der Waals surface area (Å²) in [6.45, 7) is 4.64. The van der Waals surface area contributed by atoms with E-state index in [1.54, 1.807) is 0 Å². The van der Waals surface area contributed by atoms with Gasteiger partial charge in [0, 0.05) is 25.7 Å². The van der Waals surface area contributed by atoms with Crippen molar-refractivity contribution in [2.75, 3.05) is 39.6 Å². The van der Waals surface area contributed by atoms with Gasteiger partial charge in [0.15, 0.2) is 12.2 Å². The third kappa shape index (κ3) is 79.3. The smallest absolute Gasteiger partial charge is 0.462 e. The number of rotatable bonds is 79. The fourth-order valence-corrected chi connectivity index (χ4v) is 12.7.